The SMILES string of the molecule is Cc1nccc(-c2ccc(OC[C@@H](C)CC(C)(C)N)c(CF)n2)n1. The van der Waals surface area contributed by atoms with Crippen LogP contribution in [0.2, 0.25) is 0 Å². The van der Waals surface area contributed by atoms with Crippen LogP contribution in [0.4, 0.5) is 4.39 Å². The summed E-state index contributed by atoms with van der Waals surface area (Å²) in [7, 11) is 0. The standard InChI is InChI=1S/C18H25FN4O/c1-12(9-18(3,4)20)11-24-17-6-5-14(23-16(17)10-19)15-7-8-21-13(2)22-15/h5-8,12H,9-11,20H2,1-4H3/t12-/m0/s1. The first kappa shape index (κ1) is 18.3. The Bertz CT molecular complexity index is 685. The highest BCUT2D eigenvalue weighted by Crippen LogP contribution is 2.24. The molecule has 24 heavy (non-hydrogen) atoms. The molecule has 0 aliphatic heterocycles. The zero-order valence-electron chi connectivity index (χ0n) is 14.7. The molecule has 0 bridgehead atoms. The van der Waals surface area contributed by atoms with Crippen molar-refractivity contribution >= 4 is 0 Å². The Kier molecular flexibility index (Phi) is 5.83. The van der Waals surface area contributed by atoms with Crippen molar-refractivity contribution in [2.75, 3.05) is 6.61 Å². The van der Waals surface area contributed by atoms with Crippen molar-refractivity contribution in [1.29, 1.82) is 0 Å². The Hall–Kier alpha value is -2.08. The topological polar surface area (TPSA) is 73.9 Å². The summed E-state index contributed by atoms with van der Waals surface area (Å²) >= 11 is 0. The number of aryl methyl sites for hydroxylation is 1. The highest BCUT2D eigenvalue weighted by molar-refractivity contribution is 5.55. The molecule has 5 nitrogen and oxygen atoms in total. The smallest absolute Gasteiger partial charge is 0.143 e. The Morgan fingerprint density at radius 3 is 2.54 bits per heavy atom. The van der Waals surface area contributed by atoms with E-state index in [1.165, 1.54) is 0 Å². The fourth-order valence-electron chi connectivity index (χ4n) is 2.65. The zero-order chi connectivity index (χ0) is 17.7. The molecule has 0 aliphatic rings. The van der Waals surface area contributed by atoms with Crippen molar-refractivity contribution in [3.05, 3.63) is 35.9 Å². The predicted octanol–water partition coefficient (Wildman–Crippen LogP) is 3.46. The van der Waals surface area contributed by atoms with E-state index in [1.807, 2.05) is 13.8 Å². The lowest BCUT2D eigenvalue weighted by atomic mass is 9.93. The number of nitrogens with two attached hydrogens (primary N) is 1. The van der Waals surface area contributed by atoms with Gasteiger partial charge in [0.2, 0.25) is 0 Å². The average Bonchev–Trinajstić information content (AvgIpc) is 2.51. The molecule has 0 saturated heterocycles. The van der Waals surface area contributed by atoms with E-state index in [4.69, 9.17) is 10.5 Å². The van der Waals surface area contributed by atoms with E-state index in [1.54, 1.807) is 31.3 Å². The second-order valence-electron chi connectivity index (χ2n) is 6.87. The van der Waals surface area contributed by atoms with Gasteiger partial charge in [0, 0.05) is 11.7 Å². The Morgan fingerprint density at radius 1 is 1.21 bits per heavy atom. The van der Waals surface area contributed by atoms with Crippen molar-refractivity contribution in [2.45, 2.75) is 46.3 Å². The number of hydrogen-bond donors (Lipinski definition) is 1. The first-order chi connectivity index (χ1) is 11.3. The van der Waals surface area contributed by atoms with E-state index in [2.05, 4.69) is 21.9 Å². The zero-order valence-corrected chi connectivity index (χ0v) is 14.7. The maximum atomic E-state index is 13.4. The molecule has 0 saturated carbocycles. The molecule has 0 fully saturated rings. The van der Waals surface area contributed by atoms with E-state index in [0.29, 0.717) is 29.6 Å². The van der Waals surface area contributed by atoms with E-state index in [9.17, 15) is 4.39 Å². The van der Waals surface area contributed by atoms with Gasteiger partial charge in [0.05, 0.1) is 18.0 Å². The molecule has 0 spiro atoms. The number of ether oxygens (including phenoxy) is 1. The van der Waals surface area contributed by atoms with Gasteiger partial charge < -0.3 is 10.5 Å². The number of alkyl halides is 1. The van der Waals surface area contributed by atoms with Crippen molar-refractivity contribution in [3.8, 4) is 17.1 Å². The predicted molar refractivity (Wildman–Crippen MR) is 92.4 cm³/mol. The van der Waals surface area contributed by atoms with Crippen molar-refractivity contribution in [3.63, 3.8) is 0 Å². The van der Waals surface area contributed by atoms with Gasteiger partial charge >= 0.3 is 0 Å². The third-order valence-electron chi connectivity index (χ3n) is 3.50. The molecule has 0 aromatic carbocycles. The molecule has 0 radical (unpaired) electrons. The summed E-state index contributed by atoms with van der Waals surface area (Å²) in [6, 6.07) is 5.28. The first-order valence-corrected chi connectivity index (χ1v) is 8.06. The summed E-state index contributed by atoms with van der Waals surface area (Å²) in [5, 5.41) is 0. The highest BCUT2D eigenvalue weighted by atomic mass is 19.1. The number of aromatic nitrogens is 3. The minimum Gasteiger partial charge on any atom is -0.491 e. The molecular formula is C18H25FN4O. The third-order valence-corrected chi connectivity index (χ3v) is 3.50. The second-order valence-corrected chi connectivity index (χ2v) is 6.87. The van der Waals surface area contributed by atoms with Crippen LogP contribution in [0.3, 0.4) is 0 Å². The number of halogens is 1. The molecule has 0 amide bonds. The normalized spacial score (nSPS) is 12.9. The van der Waals surface area contributed by atoms with Crippen LogP contribution in [0.1, 0.15) is 38.7 Å². The van der Waals surface area contributed by atoms with Gasteiger partial charge in [-0.05, 0) is 51.3 Å². The van der Waals surface area contributed by atoms with Crippen LogP contribution in [0.15, 0.2) is 24.4 Å². The van der Waals surface area contributed by atoms with Crippen molar-refractivity contribution in [1.82, 2.24) is 15.0 Å². The molecular weight excluding hydrogens is 307 g/mol. The molecule has 6 heteroatoms. The Labute approximate surface area is 142 Å². The van der Waals surface area contributed by atoms with Crippen LogP contribution in [-0.2, 0) is 6.67 Å². The fourth-order valence-corrected chi connectivity index (χ4v) is 2.65. The Balaban J connectivity index is 2.12. The molecule has 2 heterocycles. The monoisotopic (exact) mass is 332 g/mol. The summed E-state index contributed by atoms with van der Waals surface area (Å²) in [5.41, 5.74) is 7.32. The van der Waals surface area contributed by atoms with Crippen LogP contribution in [-0.4, -0.2) is 27.1 Å². The minimum absolute atomic E-state index is 0.251. The molecule has 130 valence electrons. The van der Waals surface area contributed by atoms with Crippen LogP contribution in [0, 0.1) is 12.8 Å². The number of pyridine rings is 1. The van der Waals surface area contributed by atoms with Crippen molar-refractivity contribution < 1.29 is 9.13 Å². The highest BCUT2D eigenvalue weighted by Gasteiger charge is 2.17. The molecule has 1 atom stereocenters. The fraction of sp³-hybridized carbons (Fsp3) is 0.500. The maximum absolute atomic E-state index is 13.4. The van der Waals surface area contributed by atoms with Crippen molar-refractivity contribution in [2.24, 2.45) is 11.7 Å². The van der Waals surface area contributed by atoms with Gasteiger partial charge in [-0.1, -0.05) is 6.92 Å². The van der Waals surface area contributed by atoms with Gasteiger partial charge in [0.1, 0.15) is 23.9 Å². The van der Waals surface area contributed by atoms with E-state index in [-0.39, 0.29) is 17.2 Å². The lowest BCUT2D eigenvalue weighted by Crippen LogP contribution is -2.35. The summed E-state index contributed by atoms with van der Waals surface area (Å²) in [6.07, 6.45) is 2.48. The summed E-state index contributed by atoms with van der Waals surface area (Å²) in [5.74, 6) is 1.38. The van der Waals surface area contributed by atoms with Crippen LogP contribution >= 0.6 is 0 Å². The van der Waals surface area contributed by atoms with Crippen LogP contribution in [0.5, 0.6) is 5.75 Å². The quantitative estimate of drug-likeness (QED) is 0.840. The second kappa shape index (κ2) is 7.66. The largest absolute Gasteiger partial charge is 0.491 e. The number of nitrogens with zero attached hydrogens (tertiary/aromatic N) is 3. The number of hydrogen-bond acceptors (Lipinski definition) is 5. The van der Waals surface area contributed by atoms with Crippen LogP contribution in [0.25, 0.3) is 11.4 Å². The Morgan fingerprint density at radius 2 is 1.92 bits per heavy atom. The molecule has 0 unspecified atom stereocenters. The maximum Gasteiger partial charge on any atom is 0.143 e. The van der Waals surface area contributed by atoms with Gasteiger partial charge in [-0.15, -0.1) is 0 Å². The number of rotatable bonds is 7. The molecule has 2 rings (SSSR count). The molecule has 2 N–H and O–H groups in total. The molecule has 2 aromatic heterocycles. The van der Waals surface area contributed by atoms with Gasteiger partial charge in [0.25, 0.3) is 0 Å². The summed E-state index contributed by atoms with van der Waals surface area (Å²) in [4.78, 5) is 12.7. The molecule has 0 aliphatic carbocycles. The van der Waals surface area contributed by atoms with E-state index < -0.39 is 6.67 Å². The summed E-state index contributed by atoms with van der Waals surface area (Å²) < 4.78 is 19.1. The van der Waals surface area contributed by atoms with Gasteiger partial charge in [-0.2, -0.15) is 0 Å². The van der Waals surface area contributed by atoms with E-state index in [0.717, 1.165) is 6.42 Å². The lowest BCUT2D eigenvalue weighted by molar-refractivity contribution is 0.225. The van der Waals surface area contributed by atoms with Gasteiger partial charge in [0.15, 0.2) is 0 Å². The lowest BCUT2D eigenvalue weighted by Gasteiger charge is -2.23. The first-order valence-electron chi connectivity index (χ1n) is 8.06. The third kappa shape index (κ3) is 5.23. The average molecular weight is 332 g/mol. The molecule has 2 aromatic rings. The van der Waals surface area contributed by atoms with Gasteiger partial charge in [-0.3, -0.25) is 0 Å². The van der Waals surface area contributed by atoms with E-state index >= 15 is 0 Å². The summed E-state index contributed by atoms with van der Waals surface area (Å²) in [6.45, 7) is 7.62. The minimum atomic E-state index is -0.690. The van der Waals surface area contributed by atoms with Gasteiger partial charge in [-0.25, -0.2) is 19.3 Å². The van der Waals surface area contributed by atoms with Crippen LogP contribution < -0.4 is 10.5 Å².